The fourth-order valence-corrected chi connectivity index (χ4v) is 7.28. The molecule has 1 fully saturated rings. The van der Waals surface area contributed by atoms with Gasteiger partial charge in [-0.15, -0.1) is 0 Å². The lowest BCUT2D eigenvalue weighted by Gasteiger charge is -2.37. The number of allylic oxidation sites excluding steroid dienone is 4. The van der Waals surface area contributed by atoms with E-state index in [0.717, 1.165) is 94.0 Å². The molecule has 0 unspecified atom stereocenters. The minimum absolute atomic E-state index is 0.136. The van der Waals surface area contributed by atoms with Crippen LogP contribution in [0.25, 0.3) is 22.3 Å². The Kier molecular flexibility index (Phi) is 7.86. The lowest BCUT2D eigenvalue weighted by molar-refractivity contribution is 0.0725. The van der Waals surface area contributed by atoms with Gasteiger partial charge in [-0.1, -0.05) is 19.1 Å². The standard InChI is InChI=1S/C38H39FN8O2/c1-4-23-17-35(48)29(39)18-26(23)24-5-7-30-27(15-24)28-16-25(6-8-31(28)42-30)37-43-32-9-10-47(21-34(32)44-37)38(49)33-19-41-36(20-40-33)46-13-11-45(12-14-46)22(2)3/h5-7,15-20,22,48H,4,8-14,21H2,1-3H3,(H,43,44). The summed E-state index contributed by atoms with van der Waals surface area (Å²) in [4.78, 5) is 42.4. The quantitative estimate of drug-likeness (QED) is 0.263. The summed E-state index contributed by atoms with van der Waals surface area (Å²) in [6.45, 7) is 11.2. The Bertz CT molecular complexity index is 2050. The molecule has 0 saturated carbocycles. The van der Waals surface area contributed by atoms with Crippen LogP contribution in [0.3, 0.4) is 0 Å². The molecular formula is C38H39FN8O2. The van der Waals surface area contributed by atoms with Gasteiger partial charge in [-0.3, -0.25) is 14.7 Å². The lowest BCUT2D eigenvalue weighted by Crippen LogP contribution is -2.49. The van der Waals surface area contributed by atoms with E-state index in [0.29, 0.717) is 44.1 Å². The van der Waals surface area contributed by atoms with E-state index >= 15 is 0 Å². The molecule has 49 heavy (non-hydrogen) atoms. The Hall–Kier alpha value is -5.16. The number of aromatic hydroxyl groups is 1. The van der Waals surface area contributed by atoms with E-state index in [1.165, 1.54) is 12.1 Å². The number of anilines is 1. The molecule has 0 spiro atoms. The van der Waals surface area contributed by atoms with Gasteiger partial charge >= 0.3 is 0 Å². The molecule has 11 heteroatoms. The van der Waals surface area contributed by atoms with Gasteiger partial charge in [0.05, 0.1) is 41.7 Å². The van der Waals surface area contributed by atoms with Crippen molar-refractivity contribution in [3.63, 3.8) is 0 Å². The van der Waals surface area contributed by atoms with Crippen molar-refractivity contribution >= 4 is 34.3 Å². The zero-order valence-electron chi connectivity index (χ0n) is 28.0. The van der Waals surface area contributed by atoms with Gasteiger partial charge in [0, 0.05) is 68.3 Å². The maximum absolute atomic E-state index is 14.4. The monoisotopic (exact) mass is 658 g/mol. The number of aliphatic imine (C=N–C) groups is 1. The number of aryl methyl sites for hydroxylation is 1. The van der Waals surface area contributed by atoms with Gasteiger partial charge in [0.1, 0.15) is 17.3 Å². The number of carbonyl (C=O) groups excluding carboxylic acids is 1. The van der Waals surface area contributed by atoms with Crippen LogP contribution in [0, 0.1) is 5.82 Å². The molecule has 2 aromatic heterocycles. The fourth-order valence-electron chi connectivity index (χ4n) is 7.28. The predicted octanol–water partition coefficient (Wildman–Crippen LogP) is 5.96. The number of aromatic nitrogens is 4. The van der Waals surface area contributed by atoms with Crippen LogP contribution in [0.5, 0.6) is 5.75 Å². The number of rotatable bonds is 6. The van der Waals surface area contributed by atoms with Crippen LogP contribution < -0.4 is 4.90 Å². The summed E-state index contributed by atoms with van der Waals surface area (Å²) in [7, 11) is 0. The van der Waals surface area contributed by atoms with Crippen LogP contribution in [0.15, 0.2) is 59.9 Å². The van der Waals surface area contributed by atoms with E-state index in [9.17, 15) is 14.3 Å². The molecule has 250 valence electrons. The zero-order chi connectivity index (χ0) is 33.8. The third-order valence-electron chi connectivity index (χ3n) is 10.2. The predicted molar refractivity (Wildman–Crippen MR) is 189 cm³/mol. The van der Waals surface area contributed by atoms with E-state index in [2.05, 4.69) is 56.8 Å². The van der Waals surface area contributed by atoms with Gasteiger partial charge in [-0.2, -0.15) is 0 Å². The molecule has 0 atom stereocenters. The van der Waals surface area contributed by atoms with Crippen LogP contribution in [0.4, 0.5) is 15.9 Å². The van der Waals surface area contributed by atoms with Crippen molar-refractivity contribution < 1.29 is 14.3 Å². The van der Waals surface area contributed by atoms with Gasteiger partial charge in [0.25, 0.3) is 5.91 Å². The minimum Gasteiger partial charge on any atom is -0.505 e. The van der Waals surface area contributed by atoms with Gasteiger partial charge in [0.15, 0.2) is 11.6 Å². The highest BCUT2D eigenvalue weighted by Crippen LogP contribution is 2.43. The number of hydrogen-bond acceptors (Lipinski definition) is 8. The van der Waals surface area contributed by atoms with E-state index < -0.39 is 5.82 Å². The summed E-state index contributed by atoms with van der Waals surface area (Å²) < 4.78 is 14.4. The first-order chi connectivity index (χ1) is 23.7. The number of fused-ring (bicyclic) bond motifs is 4. The molecule has 2 aromatic carbocycles. The minimum atomic E-state index is -0.633. The van der Waals surface area contributed by atoms with Gasteiger partial charge in [-0.25, -0.2) is 19.3 Å². The summed E-state index contributed by atoms with van der Waals surface area (Å²) in [5.74, 6) is 0.476. The van der Waals surface area contributed by atoms with E-state index in [1.807, 2.05) is 19.1 Å². The van der Waals surface area contributed by atoms with Gasteiger partial charge in [0.2, 0.25) is 0 Å². The normalized spacial score (nSPS) is 17.4. The van der Waals surface area contributed by atoms with Gasteiger partial charge < -0.3 is 19.9 Å². The van der Waals surface area contributed by atoms with Crippen LogP contribution in [0.1, 0.15) is 66.0 Å². The highest BCUT2D eigenvalue weighted by molar-refractivity contribution is 6.32. The summed E-state index contributed by atoms with van der Waals surface area (Å²) in [6.07, 6.45) is 9.55. The Morgan fingerprint density at radius 2 is 1.88 bits per heavy atom. The van der Waals surface area contributed by atoms with Crippen LogP contribution in [-0.2, 0) is 19.4 Å². The second-order valence-corrected chi connectivity index (χ2v) is 13.4. The average Bonchev–Trinajstić information content (AvgIpc) is 3.73. The van der Waals surface area contributed by atoms with Crippen LogP contribution in [-0.4, -0.2) is 85.2 Å². The maximum Gasteiger partial charge on any atom is 0.274 e. The Balaban J connectivity index is 0.979. The maximum atomic E-state index is 14.4. The number of imidazole rings is 1. The second kappa shape index (κ2) is 12.4. The van der Waals surface area contributed by atoms with E-state index in [-0.39, 0.29) is 11.7 Å². The number of nitrogens with zero attached hydrogens (tertiary/aromatic N) is 7. The third-order valence-corrected chi connectivity index (χ3v) is 10.2. The molecule has 0 bridgehead atoms. The molecule has 4 aliphatic rings. The zero-order valence-corrected chi connectivity index (χ0v) is 28.0. The number of phenols is 1. The number of piperazine rings is 1. The number of benzene rings is 2. The fraction of sp³-hybridized carbons (Fsp3) is 0.342. The number of hydrogen-bond donors (Lipinski definition) is 2. The highest BCUT2D eigenvalue weighted by Gasteiger charge is 2.29. The highest BCUT2D eigenvalue weighted by atomic mass is 19.1. The molecule has 8 rings (SSSR count). The number of halogens is 1. The van der Waals surface area contributed by atoms with Crippen molar-refractivity contribution in [1.82, 2.24) is 29.7 Å². The molecule has 1 amide bonds. The first-order valence-electron chi connectivity index (χ1n) is 17.1. The van der Waals surface area contributed by atoms with Crippen molar-refractivity contribution in [2.24, 2.45) is 4.99 Å². The molecule has 1 aliphatic carbocycles. The number of carbonyl (C=O) groups is 1. The molecule has 10 nitrogen and oxygen atoms in total. The summed E-state index contributed by atoms with van der Waals surface area (Å²) >= 11 is 0. The Labute approximate surface area is 284 Å². The summed E-state index contributed by atoms with van der Waals surface area (Å²) in [5, 5.41) is 9.93. The average molecular weight is 659 g/mol. The lowest BCUT2D eigenvalue weighted by atomic mass is 9.90. The number of phenolic OH excluding ortho intramolecular Hbond substituents is 1. The van der Waals surface area contributed by atoms with Gasteiger partial charge in [-0.05, 0) is 67.3 Å². The molecule has 4 aromatic rings. The summed E-state index contributed by atoms with van der Waals surface area (Å²) in [5.41, 5.74) is 9.63. The molecule has 0 radical (unpaired) electrons. The SMILES string of the molecule is CCc1cc(O)c(F)cc1-c1ccc2c(c1)C1=CC(c3nc4c([nH]3)CN(C(=O)c3cnc(N5CCN(C(C)C)CC5)cn3)CC4)=CCC1=N2. The largest absolute Gasteiger partial charge is 0.505 e. The number of aromatic amines is 1. The summed E-state index contributed by atoms with van der Waals surface area (Å²) in [6, 6.07) is 9.44. The van der Waals surface area contributed by atoms with Crippen molar-refractivity contribution in [3.8, 4) is 16.9 Å². The first-order valence-corrected chi connectivity index (χ1v) is 17.1. The first kappa shape index (κ1) is 31.1. The van der Waals surface area contributed by atoms with Crippen LogP contribution >= 0.6 is 0 Å². The molecular weight excluding hydrogens is 619 g/mol. The molecule has 2 N–H and O–H groups in total. The smallest absolute Gasteiger partial charge is 0.274 e. The molecule has 5 heterocycles. The number of H-pyrrole nitrogens is 1. The van der Waals surface area contributed by atoms with Crippen molar-refractivity contribution in [2.75, 3.05) is 37.6 Å². The second-order valence-electron chi connectivity index (χ2n) is 13.4. The Morgan fingerprint density at radius 1 is 1.04 bits per heavy atom. The molecule has 1 saturated heterocycles. The number of nitrogens with one attached hydrogen (secondary N) is 1. The third kappa shape index (κ3) is 5.71. The molecule has 3 aliphatic heterocycles. The van der Waals surface area contributed by atoms with Crippen molar-refractivity contribution in [3.05, 3.63) is 94.7 Å². The van der Waals surface area contributed by atoms with Crippen LogP contribution in [0.2, 0.25) is 0 Å². The Morgan fingerprint density at radius 3 is 2.63 bits per heavy atom. The van der Waals surface area contributed by atoms with E-state index in [4.69, 9.17) is 9.98 Å². The van der Waals surface area contributed by atoms with Crippen molar-refractivity contribution in [2.45, 2.75) is 52.6 Å². The number of amides is 1. The van der Waals surface area contributed by atoms with Crippen molar-refractivity contribution in [1.29, 1.82) is 0 Å². The van der Waals surface area contributed by atoms with E-state index in [1.54, 1.807) is 17.3 Å². The topological polar surface area (TPSA) is 114 Å².